The molecule has 0 spiro atoms. The number of hydrogen-bond donors (Lipinski definition) is 0. The molecule has 1 unspecified atom stereocenters. The molecule has 2 saturated heterocycles. The van der Waals surface area contributed by atoms with Gasteiger partial charge in [0.2, 0.25) is 0 Å². The average Bonchev–Trinajstić information content (AvgIpc) is 2.80. The molecule has 0 aromatic heterocycles. The number of hydrogen-bond acceptors (Lipinski definition) is 3. The van der Waals surface area contributed by atoms with Crippen LogP contribution in [-0.2, 0) is 6.54 Å². The SMILES string of the molecule is N#Cc1cc(CN2CCCN3CCCC3C2)ccc1F. The fourth-order valence-electron chi connectivity index (χ4n) is 3.44. The summed E-state index contributed by atoms with van der Waals surface area (Å²) in [5, 5.41) is 8.91. The summed E-state index contributed by atoms with van der Waals surface area (Å²) in [6, 6.07) is 7.51. The lowest BCUT2D eigenvalue weighted by Gasteiger charge is -2.25. The van der Waals surface area contributed by atoms with Gasteiger partial charge < -0.3 is 0 Å². The lowest BCUT2D eigenvalue weighted by molar-refractivity contribution is 0.215. The van der Waals surface area contributed by atoms with E-state index >= 15 is 0 Å². The zero-order chi connectivity index (χ0) is 13.9. The second kappa shape index (κ2) is 5.90. The van der Waals surface area contributed by atoms with Crippen molar-refractivity contribution in [2.75, 3.05) is 26.2 Å². The summed E-state index contributed by atoms with van der Waals surface area (Å²) in [6.45, 7) is 5.45. The maximum absolute atomic E-state index is 13.3. The largest absolute Gasteiger partial charge is 0.299 e. The van der Waals surface area contributed by atoms with Crippen LogP contribution in [-0.4, -0.2) is 42.0 Å². The first-order valence-electron chi connectivity index (χ1n) is 7.41. The molecule has 0 radical (unpaired) electrons. The van der Waals surface area contributed by atoms with E-state index < -0.39 is 5.82 Å². The molecule has 2 aliphatic heterocycles. The van der Waals surface area contributed by atoms with Crippen molar-refractivity contribution >= 4 is 0 Å². The maximum Gasteiger partial charge on any atom is 0.140 e. The number of benzene rings is 1. The van der Waals surface area contributed by atoms with E-state index in [1.54, 1.807) is 12.1 Å². The summed E-state index contributed by atoms with van der Waals surface area (Å²) in [5.41, 5.74) is 1.19. The van der Waals surface area contributed by atoms with E-state index in [0.29, 0.717) is 6.04 Å². The number of fused-ring (bicyclic) bond motifs is 1. The van der Waals surface area contributed by atoms with E-state index in [-0.39, 0.29) is 5.56 Å². The molecule has 2 heterocycles. The highest BCUT2D eigenvalue weighted by atomic mass is 19.1. The zero-order valence-electron chi connectivity index (χ0n) is 11.7. The van der Waals surface area contributed by atoms with Crippen molar-refractivity contribution in [1.29, 1.82) is 5.26 Å². The Morgan fingerprint density at radius 3 is 2.95 bits per heavy atom. The van der Waals surface area contributed by atoms with Crippen LogP contribution in [0.4, 0.5) is 4.39 Å². The van der Waals surface area contributed by atoms with Gasteiger partial charge in [0.1, 0.15) is 11.9 Å². The minimum Gasteiger partial charge on any atom is -0.299 e. The predicted octanol–water partition coefficient (Wildman–Crippen LogP) is 2.37. The Balaban J connectivity index is 1.69. The van der Waals surface area contributed by atoms with Crippen molar-refractivity contribution in [2.45, 2.75) is 31.8 Å². The first kappa shape index (κ1) is 13.5. The van der Waals surface area contributed by atoms with Gasteiger partial charge in [-0.1, -0.05) is 6.07 Å². The Morgan fingerprint density at radius 1 is 1.25 bits per heavy atom. The van der Waals surface area contributed by atoms with Crippen LogP contribution < -0.4 is 0 Å². The van der Waals surface area contributed by atoms with Gasteiger partial charge >= 0.3 is 0 Å². The monoisotopic (exact) mass is 273 g/mol. The van der Waals surface area contributed by atoms with Crippen LogP contribution in [0.2, 0.25) is 0 Å². The first-order chi connectivity index (χ1) is 9.76. The van der Waals surface area contributed by atoms with E-state index in [0.717, 1.165) is 25.2 Å². The van der Waals surface area contributed by atoms with Gasteiger partial charge in [-0.2, -0.15) is 5.26 Å². The minimum atomic E-state index is -0.422. The van der Waals surface area contributed by atoms with E-state index in [1.165, 1.54) is 38.4 Å². The van der Waals surface area contributed by atoms with E-state index in [2.05, 4.69) is 9.80 Å². The molecule has 0 amide bonds. The smallest absolute Gasteiger partial charge is 0.140 e. The number of rotatable bonds is 2. The number of nitrogens with zero attached hydrogens (tertiary/aromatic N) is 3. The highest BCUT2D eigenvalue weighted by Gasteiger charge is 2.28. The van der Waals surface area contributed by atoms with E-state index in [1.807, 2.05) is 6.07 Å². The van der Waals surface area contributed by atoms with Crippen molar-refractivity contribution < 1.29 is 4.39 Å². The predicted molar refractivity (Wildman–Crippen MR) is 75.6 cm³/mol. The molecule has 106 valence electrons. The van der Waals surface area contributed by atoms with Crippen LogP contribution in [0.5, 0.6) is 0 Å². The van der Waals surface area contributed by atoms with Crippen molar-refractivity contribution in [3.05, 3.63) is 35.1 Å². The van der Waals surface area contributed by atoms with Gasteiger partial charge in [-0.3, -0.25) is 9.80 Å². The van der Waals surface area contributed by atoms with E-state index in [9.17, 15) is 4.39 Å². The lowest BCUT2D eigenvalue weighted by Crippen LogP contribution is -2.36. The van der Waals surface area contributed by atoms with Crippen LogP contribution in [0, 0.1) is 17.1 Å². The van der Waals surface area contributed by atoms with Gasteiger partial charge in [0.15, 0.2) is 0 Å². The van der Waals surface area contributed by atoms with Gasteiger partial charge in [0.25, 0.3) is 0 Å². The first-order valence-corrected chi connectivity index (χ1v) is 7.41. The van der Waals surface area contributed by atoms with Crippen LogP contribution >= 0.6 is 0 Å². The second-order valence-electron chi connectivity index (χ2n) is 5.85. The van der Waals surface area contributed by atoms with Crippen molar-refractivity contribution in [2.24, 2.45) is 0 Å². The molecule has 1 aromatic rings. The van der Waals surface area contributed by atoms with Crippen molar-refractivity contribution in [1.82, 2.24) is 9.80 Å². The minimum absolute atomic E-state index is 0.153. The van der Waals surface area contributed by atoms with Gasteiger partial charge in [0, 0.05) is 19.1 Å². The molecule has 2 aliphatic rings. The molecular weight excluding hydrogens is 253 g/mol. The molecule has 4 heteroatoms. The summed E-state index contributed by atoms with van der Waals surface area (Å²) in [7, 11) is 0. The summed E-state index contributed by atoms with van der Waals surface area (Å²) in [4.78, 5) is 5.05. The normalized spacial score (nSPS) is 24.1. The third kappa shape index (κ3) is 2.84. The Kier molecular flexibility index (Phi) is 4.00. The number of nitriles is 1. The van der Waals surface area contributed by atoms with Crippen LogP contribution in [0.25, 0.3) is 0 Å². The summed E-state index contributed by atoms with van der Waals surface area (Å²) < 4.78 is 13.3. The fraction of sp³-hybridized carbons (Fsp3) is 0.562. The summed E-state index contributed by atoms with van der Waals surface area (Å²) in [6.07, 6.45) is 3.81. The van der Waals surface area contributed by atoms with Crippen molar-refractivity contribution in [3.8, 4) is 6.07 Å². The summed E-state index contributed by atoms with van der Waals surface area (Å²) >= 11 is 0. The highest BCUT2D eigenvalue weighted by Crippen LogP contribution is 2.22. The van der Waals surface area contributed by atoms with Gasteiger partial charge in [-0.05, 0) is 56.6 Å². The van der Waals surface area contributed by atoms with E-state index in [4.69, 9.17) is 5.26 Å². The topological polar surface area (TPSA) is 30.3 Å². The molecule has 20 heavy (non-hydrogen) atoms. The van der Waals surface area contributed by atoms with Gasteiger partial charge in [-0.15, -0.1) is 0 Å². The zero-order valence-corrected chi connectivity index (χ0v) is 11.7. The molecule has 2 fully saturated rings. The lowest BCUT2D eigenvalue weighted by atomic mass is 10.1. The third-order valence-electron chi connectivity index (χ3n) is 4.45. The van der Waals surface area contributed by atoms with Crippen LogP contribution in [0.15, 0.2) is 18.2 Å². The number of halogens is 1. The molecular formula is C16H20FN3. The van der Waals surface area contributed by atoms with Crippen molar-refractivity contribution in [3.63, 3.8) is 0 Å². The maximum atomic E-state index is 13.3. The molecule has 0 N–H and O–H groups in total. The molecule has 3 nitrogen and oxygen atoms in total. The molecule has 0 saturated carbocycles. The Bertz CT molecular complexity index is 523. The average molecular weight is 273 g/mol. The third-order valence-corrected chi connectivity index (χ3v) is 4.45. The second-order valence-corrected chi connectivity index (χ2v) is 5.85. The van der Waals surface area contributed by atoms with Gasteiger partial charge in [0.05, 0.1) is 5.56 Å². The van der Waals surface area contributed by atoms with Crippen LogP contribution in [0.1, 0.15) is 30.4 Å². The molecule has 0 bridgehead atoms. The fourth-order valence-corrected chi connectivity index (χ4v) is 3.44. The molecule has 0 aliphatic carbocycles. The molecule has 1 aromatic carbocycles. The Morgan fingerprint density at radius 2 is 2.10 bits per heavy atom. The van der Waals surface area contributed by atoms with Crippen LogP contribution in [0.3, 0.4) is 0 Å². The Hall–Kier alpha value is -1.44. The van der Waals surface area contributed by atoms with Gasteiger partial charge in [-0.25, -0.2) is 4.39 Å². The Labute approximate surface area is 119 Å². The highest BCUT2D eigenvalue weighted by molar-refractivity contribution is 5.34. The molecule has 3 rings (SSSR count). The summed E-state index contributed by atoms with van der Waals surface area (Å²) in [5.74, 6) is -0.422. The standard InChI is InChI=1S/C16H20FN3/c17-16-5-4-13(9-14(16)10-18)11-19-6-2-8-20-7-1-3-15(20)12-19/h4-5,9,15H,1-3,6-8,11-12H2. The molecule has 1 atom stereocenters. The quantitative estimate of drug-likeness (QED) is 0.828.